The molecular formula is C19H37Cl2N3O. The van der Waals surface area contributed by atoms with Gasteiger partial charge in [0.15, 0.2) is 0 Å². The molecule has 1 heterocycles. The Morgan fingerprint density at radius 2 is 1.80 bits per heavy atom. The zero-order valence-electron chi connectivity index (χ0n) is 15.8. The van der Waals surface area contributed by atoms with E-state index < -0.39 is 0 Å². The molecule has 3 N–H and O–H groups in total. The number of hydrogen-bond acceptors (Lipinski definition) is 3. The van der Waals surface area contributed by atoms with Crippen molar-refractivity contribution in [2.24, 2.45) is 29.4 Å². The molecule has 2 aliphatic carbocycles. The van der Waals surface area contributed by atoms with Gasteiger partial charge in [-0.15, -0.1) is 24.8 Å². The van der Waals surface area contributed by atoms with E-state index in [4.69, 9.17) is 5.73 Å². The second-order valence-corrected chi connectivity index (χ2v) is 8.61. The first-order valence-corrected chi connectivity index (χ1v) is 9.81. The Morgan fingerprint density at radius 3 is 2.40 bits per heavy atom. The van der Waals surface area contributed by atoms with Gasteiger partial charge in [-0.1, -0.05) is 13.3 Å². The molecule has 0 aromatic carbocycles. The van der Waals surface area contributed by atoms with E-state index >= 15 is 0 Å². The Bertz CT molecular complexity index is 409. The standard InChI is InChI=1S/C19H35N3O.2ClH/c1-13-5-4-8-22(11-13)12-14(2)21-19(23)17-9-15-6-3-7-16(10-17)18(15)20;;/h13-18H,3-12,20H2,1-2H3,(H,21,23);2*1H. The lowest BCUT2D eigenvalue weighted by atomic mass is 9.65. The van der Waals surface area contributed by atoms with Gasteiger partial charge < -0.3 is 16.0 Å². The van der Waals surface area contributed by atoms with E-state index in [-0.39, 0.29) is 42.7 Å². The van der Waals surface area contributed by atoms with Crippen molar-refractivity contribution in [2.75, 3.05) is 19.6 Å². The summed E-state index contributed by atoms with van der Waals surface area (Å²) in [5.41, 5.74) is 6.35. The number of hydrogen-bond donors (Lipinski definition) is 2. The third-order valence-electron chi connectivity index (χ3n) is 6.45. The molecule has 1 amide bonds. The summed E-state index contributed by atoms with van der Waals surface area (Å²) in [6.07, 6.45) is 8.42. The molecule has 1 saturated heterocycles. The van der Waals surface area contributed by atoms with E-state index in [0.717, 1.165) is 25.3 Å². The third-order valence-corrected chi connectivity index (χ3v) is 6.45. The summed E-state index contributed by atoms with van der Waals surface area (Å²) in [5, 5.41) is 3.29. The highest BCUT2D eigenvalue weighted by molar-refractivity contribution is 5.85. The molecule has 6 heteroatoms. The van der Waals surface area contributed by atoms with Crippen LogP contribution in [0.25, 0.3) is 0 Å². The fourth-order valence-corrected chi connectivity index (χ4v) is 5.25. The molecule has 3 rings (SSSR count). The molecule has 4 unspecified atom stereocenters. The number of rotatable bonds is 4. The number of nitrogens with two attached hydrogens (primary N) is 1. The molecule has 4 atom stereocenters. The average molecular weight is 394 g/mol. The topological polar surface area (TPSA) is 58.4 Å². The quantitative estimate of drug-likeness (QED) is 0.770. The van der Waals surface area contributed by atoms with Crippen LogP contribution in [0.1, 0.15) is 58.8 Å². The molecule has 25 heavy (non-hydrogen) atoms. The molecule has 2 bridgehead atoms. The lowest BCUT2D eigenvalue weighted by Crippen LogP contribution is -2.51. The first-order valence-electron chi connectivity index (χ1n) is 9.81. The molecule has 0 aromatic heterocycles. The monoisotopic (exact) mass is 393 g/mol. The second-order valence-electron chi connectivity index (χ2n) is 8.61. The average Bonchev–Trinajstić information content (AvgIpc) is 2.46. The number of amides is 1. The van der Waals surface area contributed by atoms with Crippen molar-refractivity contribution < 1.29 is 4.79 Å². The van der Waals surface area contributed by atoms with E-state index in [1.54, 1.807) is 0 Å². The fraction of sp³-hybridized carbons (Fsp3) is 0.947. The summed E-state index contributed by atoms with van der Waals surface area (Å²) in [7, 11) is 0. The van der Waals surface area contributed by atoms with Crippen LogP contribution in [0.15, 0.2) is 0 Å². The van der Waals surface area contributed by atoms with Crippen molar-refractivity contribution in [3.8, 4) is 0 Å². The molecule has 2 saturated carbocycles. The summed E-state index contributed by atoms with van der Waals surface area (Å²) in [6, 6.07) is 0.600. The maximum Gasteiger partial charge on any atom is 0.223 e. The number of carbonyl (C=O) groups is 1. The van der Waals surface area contributed by atoms with Crippen LogP contribution in [0, 0.1) is 23.7 Å². The Balaban J connectivity index is 0.00000156. The Kier molecular flexibility index (Phi) is 9.52. The van der Waals surface area contributed by atoms with E-state index in [0.29, 0.717) is 17.9 Å². The van der Waals surface area contributed by atoms with Crippen molar-refractivity contribution in [3.05, 3.63) is 0 Å². The summed E-state index contributed by atoms with van der Waals surface area (Å²) in [6.45, 7) is 7.86. The van der Waals surface area contributed by atoms with Crippen LogP contribution in [-0.2, 0) is 4.79 Å². The summed E-state index contributed by atoms with van der Waals surface area (Å²) in [4.78, 5) is 15.2. The van der Waals surface area contributed by atoms with Gasteiger partial charge in [0.25, 0.3) is 0 Å². The van der Waals surface area contributed by atoms with Crippen molar-refractivity contribution in [1.29, 1.82) is 0 Å². The van der Waals surface area contributed by atoms with Crippen molar-refractivity contribution in [2.45, 2.75) is 70.9 Å². The first kappa shape index (κ1) is 23.0. The predicted molar refractivity (Wildman–Crippen MR) is 108 cm³/mol. The Morgan fingerprint density at radius 1 is 1.16 bits per heavy atom. The number of carbonyl (C=O) groups excluding carboxylic acids is 1. The highest BCUT2D eigenvalue weighted by Gasteiger charge is 2.40. The van der Waals surface area contributed by atoms with Crippen molar-refractivity contribution in [3.63, 3.8) is 0 Å². The van der Waals surface area contributed by atoms with Gasteiger partial charge in [0.1, 0.15) is 0 Å². The molecule has 4 nitrogen and oxygen atoms in total. The molecule has 1 aliphatic heterocycles. The molecule has 0 spiro atoms. The number of likely N-dealkylation sites (tertiary alicyclic amines) is 1. The van der Waals surface area contributed by atoms with Crippen LogP contribution in [0.2, 0.25) is 0 Å². The first-order chi connectivity index (χ1) is 11.0. The van der Waals surface area contributed by atoms with Gasteiger partial charge in [0.2, 0.25) is 5.91 Å². The van der Waals surface area contributed by atoms with Crippen LogP contribution in [0.3, 0.4) is 0 Å². The molecule has 148 valence electrons. The zero-order valence-corrected chi connectivity index (χ0v) is 17.4. The van der Waals surface area contributed by atoms with Crippen LogP contribution >= 0.6 is 24.8 Å². The molecule has 3 fully saturated rings. The summed E-state index contributed by atoms with van der Waals surface area (Å²) in [5.74, 6) is 2.44. The maximum absolute atomic E-state index is 12.7. The third kappa shape index (κ3) is 5.98. The minimum Gasteiger partial charge on any atom is -0.352 e. The van der Waals surface area contributed by atoms with Crippen LogP contribution in [-0.4, -0.2) is 42.5 Å². The SMILES string of the molecule is CC1CCCN(CC(C)NC(=O)C2CC3CCCC(C2)C3N)C1.Cl.Cl. The second kappa shape index (κ2) is 10.3. The Labute approximate surface area is 165 Å². The van der Waals surface area contributed by atoms with Gasteiger partial charge in [-0.3, -0.25) is 4.79 Å². The number of nitrogens with one attached hydrogen (secondary N) is 1. The lowest BCUT2D eigenvalue weighted by Gasteiger charge is -2.43. The minimum absolute atomic E-state index is 0. The smallest absolute Gasteiger partial charge is 0.223 e. The van der Waals surface area contributed by atoms with Crippen molar-refractivity contribution in [1.82, 2.24) is 10.2 Å². The van der Waals surface area contributed by atoms with Crippen LogP contribution in [0.4, 0.5) is 0 Å². The molecule has 0 radical (unpaired) electrons. The van der Waals surface area contributed by atoms with Crippen molar-refractivity contribution >= 4 is 30.7 Å². The normalized spacial score (nSPS) is 36.5. The number of halogens is 2. The number of nitrogens with zero attached hydrogens (tertiary/aromatic N) is 1. The van der Waals surface area contributed by atoms with E-state index in [9.17, 15) is 4.79 Å². The predicted octanol–water partition coefficient (Wildman–Crippen LogP) is 3.22. The highest BCUT2D eigenvalue weighted by atomic mass is 35.5. The molecule has 0 aromatic rings. The number of fused-ring (bicyclic) bond motifs is 2. The lowest BCUT2D eigenvalue weighted by molar-refractivity contribution is -0.128. The maximum atomic E-state index is 12.7. The minimum atomic E-state index is 0. The van der Waals surface area contributed by atoms with Gasteiger partial charge in [-0.2, -0.15) is 0 Å². The molecule has 3 aliphatic rings. The number of piperidine rings is 1. The largest absolute Gasteiger partial charge is 0.352 e. The van der Waals surface area contributed by atoms with Gasteiger partial charge in [-0.25, -0.2) is 0 Å². The van der Waals surface area contributed by atoms with Gasteiger partial charge in [0, 0.05) is 31.1 Å². The zero-order chi connectivity index (χ0) is 16.4. The van der Waals surface area contributed by atoms with E-state index in [1.807, 2.05) is 0 Å². The highest BCUT2D eigenvalue weighted by Crippen LogP contribution is 2.41. The van der Waals surface area contributed by atoms with Gasteiger partial charge in [0.05, 0.1) is 0 Å². The van der Waals surface area contributed by atoms with Gasteiger partial charge >= 0.3 is 0 Å². The fourth-order valence-electron chi connectivity index (χ4n) is 5.25. The van der Waals surface area contributed by atoms with Gasteiger partial charge in [-0.05, 0) is 69.7 Å². The summed E-state index contributed by atoms with van der Waals surface area (Å²) >= 11 is 0. The van der Waals surface area contributed by atoms with E-state index in [2.05, 4.69) is 24.1 Å². The van der Waals surface area contributed by atoms with E-state index in [1.165, 1.54) is 45.2 Å². The summed E-state index contributed by atoms with van der Waals surface area (Å²) < 4.78 is 0. The van der Waals surface area contributed by atoms with Crippen LogP contribution in [0.5, 0.6) is 0 Å². The molecular weight excluding hydrogens is 357 g/mol. The van der Waals surface area contributed by atoms with Crippen LogP contribution < -0.4 is 11.1 Å². The Hall–Kier alpha value is -0.0300.